The molecule has 29 heavy (non-hydrogen) atoms. The second-order valence-electron chi connectivity index (χ2n) is 7.20. The molecule has 5 rings (SSSR count). The summed E-state index contributed by atoms with van der Waals surface area (Å²) in [6, 6.07) is 6.04. The fraction of sp³-hybridized carbons (Fsp3) is 0.474. The van der Waals surface area contributed by atoms with Gasteiger partial charge in [0.15, 0.2) is 17.7 Å². The summed E-state index contributed by atoms with van der Waals surface area (Å²) in [5.74, 6) is 2.16. The van der Waals surface area contributed by atoms with Crippen LogP contribution in [0.1, 0.15) is 5.56 Å². The van der Waals surface area contributed by atoms with Crippen LogP contribution in [0.2, 0.25) is 0 Å². The van der Waals surface area contributed by atoms with Gasteiger partial charge < -0.3 is 19.7 Å². The average Bonchev–Trinajstić information content (AvgIpc) is 3.41. The van der Waals surface area contributed by atoms with E-state index in [0.29, 0.717) is 12.5 Å². The number of carbonyl (C=O) groups excluding carboxylic acids is 1. The van der Waals surface area contributed by atoms with Crippen LogP contribution >= 0.6 is 11.8 Å². The number of nitrogens with one attached hydrogen (secondary N) is 1. The van der Waals surface area contributed by atoms with Gasteiger partial charge in [-0.3, -0.25) is 9.69 Å². The van der Waals surface area contributed by atoms with Crippen LogP contribution in [0.5, 0.6) is 11.5 Å². The Balaban J connectivity index is 1.09. The van der Waals surface area contributed by atoms with Gasteiger partial charge in [0.25, 0.3) is 0 Å². The molecule has 0 bridgehead atoms. The van der Waals surface area contributed by atoms with Gasteiger partial charge in [0.05, 0.1) is 12.1 Å². The van der Waals surface area contributed by atoms with E-state index in [1.165, 1.54) is 23.7 Å². The summed E-state index contributed by atoms with van der Waals surface area (Å²) in [5, 5.41) is 4.02. The molecule has 0 radical (unpaired) electrons. The molecule has 1 fully saturated rings. The Labute approximate surface area is 172 Å². The lowest BCUT2D eigenvalue weighted by Gasteiger charge is -2.35. The van der Waals surface area contributed by atoms with Crippen LogP contribution in [0.3, 0.4) is 0 Å². The van der Waals surface area contributed by atoms with Crippen molar-refractivity contribution in [2.24, 2.45) is 15.0 Å². The maximum atomic E-state index is 12.6. The Morgan fingerprint density at radius 1 is 1.17 bits per heavy atom. The van der Waals surface area contributed by atoms with E-state index in [-0.39, 0.29) is 18.1 Å². The molecule has 1 saturated heterocycles. The fourth-order valence-electron chi connectivity index (χ4n) is 3.74. The van der Waals surface area contributed by atoms with Gasteiger partial charge in [0, 0.05) is 32.7 Å². The highest BCUT2D eigenvalue weighted by Crippen LogP contribution is 2.32. The molecule has 0 unspecified atom stereocenters. The van der Waals surface area contributed by atoms with Gasteiger partial charge >= 0.3 is 0 Å². The van der Waals surface area contributed by atoms with Gasteiger partial charge in [-0.2, -0.15) is 0 Å². The predicted molar refractivity (Wildman–Crippen MR) is 112 cm³/mol. The van der Waals surface area contributed by atoms with Crippen LogP contribution in [0.15, 0.2) is 33.2 Å². The molecule has 0 spiro atoms. The number of rotatable bonds is 4. The summed E-state index contributed by atoms with van der Waals surface area (Å²) in [4.78, 5) is 29.7. The standard InChI is InChI=1S/C19H22N6O3S/c26-16(9-29-19-17-18(21-10-20-17)22-11-23-19)25-5-3-24(4-6-25)8-13-1-2-14-15(7-13)28-12-27-14/h1-2,7,10-11,17-18H,3-6,8-9,12H2,(H,20,21)/t17-,18+/m0/s1. The normalized spacial score (nSPS) is 25.0. The first-order chi connectivity index (χ1) is 14.3. The van der Waals surface area contributed by atoms with E-state index in [2.05, 4.69) is 31.3 Å². The third-order valence-corrected chi connectivity index (χ3v) is 6.41. The molecule has 1 aromatic carbocycles. The number of aliphatic imine (C=N–C) groups is 3. The summed E-state index contributed by atoms with van der Waals surface area (Å²) in [5.41, 5.74) is 1.20. The molecule has 0 saturated carbocycles. The number of piperazine rings is 1. The van der Waals surface area contributed by atoms with Gasteiger partial charge in [-0.15, -0.1) is 0 Å². The number of fused-ring (bicyclic) bond motifs is 2. The average molecular weight is 414 g/mol. The minimum absolute atomic E-state index is 0.0312. The van der Waals surface area contributed by atoms with Crippen LogP contribution in [0.4, 0.5) is 0 Å². The van der Waals surface area contributed by atoms with Crippen molar-refractivity contribution in [3.8, 4) is 11.5 Å². The zero-order chi connectivity index (χ0) is 19.6. The highest BCUT2D eigenvalue weighted by Gasteiger charge is 2.31. The quantitative estimate of drug-likeness (QED) is 0.774. The summed E-state index contributed by atoms with van der Waals surface area (Å²) in [7, 11) is 0. The number of benzene rings is 1. The largest absolute Gasteiger partial charge is 0.454 e. The lowest BCUT2D eigenvalue weighted by atomic mass is 10.1. The van der Waals surface area contributed by atoms with Gasteiger partial charge in [0.1, 0.15) is 17.4 Å². The molecule has 4 aliphatic heterocycles. The predicted octanol–water partition coefficient (Wildman–Crippen LogP) is 0.559. The van der Waals surface area contributed by atoms with E-state index >= 15 is 0 Å². The highest BCUT2D eigenvalue weighted by molar-refractivity contribution is 8.14. The number of ether oxygens (including phenoxy) is 2. The molecule has 10 heteroatoms. The number of hydrogen-bond donors (Lipinski definition) is 1. The Kier molecular flexibility index (Phi) is 5.11. The molecule has 0 aliphatic carbocycles. The number of amides is 1. The Morgan fingerprint density at radius 3 is 2.93 bits per heavy atom. The van der Waals surface area contributed by atoms with Crippen molar-refractivity contribution in [1.82, 2.24) is 15.1 Å². The molecule has 1 N–H and O–H groups in total. The number of nitrogens with zero attached hydrogens (tertiary/aromatic N) is 5. The van der Waals surface area contributed by atoms with Crippen molar-refractivity contribution in [3.05, 3.63) is 23.8 Å². The lowest BCUT2D eigenvalue weighted by molar-refractivity contribution is -0.130. The van der Waals surface area contributed by atoms with E-state index < -0.39 is 0 Å². The monoisotopic (exact) mass is 414 g/mol. The van der Waals surface area contributed by atoms with Crippen molar-refractivity contribution in [3.63, 3.8) is 0 Å². The first kappa shape index (κ1) is 18.4. The minimum atomic E-state index is -0.148. The van der Waals surface area contributed by atoms with Crippen LogP contribution in [-0.4, -0.2) is 84.4 Å². The molecule has 0 aromatic heterocycles. The molecule has 152 valence electrons. The molecular weight excluding hydrogens is 392 g/mol. The smallest absolute Gasteiger partial charge is 0.233 e. The van der Waals surface area contributed by atoms with Crippen molar-refractivity contribution in [2.75, 3.05) is 38.7 Å². The van der Waals surface area contributed by atoms with Crippen LogP contribution in [0, 0.1) is 0 Å². The Morgan fingerprint density at radius 2 is 2.03 bits per heavy atom. The fourth-order valence-corrected chi connectivity index (χ4v) is 4.69. The maximum absolute atomic E-state index is 12.6. The molecule has 4 heterocycles. The molecule has 1 aromatic rings. The van der Waals surface area contributed by atoms with E-state index in [4.69, 9.17) is 9.47 Å². The second-order valence-corrected chi connectivity index (χ2v) is 8.20. The molecule has 9 nitrogen and oxygen atoms in total. The first-order valence-electron chi connectivity index (χ1n) is 9.65. The number of thioether (sulfide) groups is 1. The molecule has 4 aliphatic rings. The summed E-state index contributed by atoms with van der Waals surface area (Å²) in [6.07, 6.45) is 3.05. The second kappa shape index (κ2) is 8.03. The SMILES string of the molecule is O=C(CSC1=NC=N[C@H]2N=CN[C@H]12)N1CCN(Cc2ccc3c(c2)OCO3)CC1. The zero-order valence-corrected chi connectivity index (χ0v) is 16.7. The Bertz CT molecular complexity index is 881. The van der Waals surface area contributed by atoms with Gasteiger partial charge in [-0.1, -0.05) is 17.8 Å². The third kappa shape index (κ3) is 3.95. The van der Waals surface area contributed by atoms with E-state index in [0.717, 1.165) is 49.3 Å². The van der Waals surface area contributed by atoms with E-state index in [1.54, 1.807) is 6.34 Å². The first-order valence-corrected chi connectivity index (χ1v) is 10.6. The summed E-state index contributed by atoms with van der Waals surface area (Å²) < 4.78 is 10.8. The molecule has 2 atom stereocenters. The summed E-state index contributed by atoms with van der Waals surface area (Å²) >= 11 is 1.48. The topological polar surface area (TPSA) is 91.1 Å². The molecular formula is C19H22N6O3S. The zero-order valence-electron chi connectivity index (χ0n) is 15.9. The van der Waals surface area contributed by atoms with Crippen LogP contribution in [-0.2, 0) is 11.3 Å². The third-order valence-electron chi connectivity index (χ3n) is 5.36. The van der Waals surface area contributed by atoms with Crippen LogP contribution < -0.4 is 14.8 Å². The van der Waals surface area contributed by atoms with E-state index in [1.807, 2.05) is 17.0 Å². The van der Waals surface area contributed by atoms with Gasteiger partial charge in [-0.25, -0.2) is 15.0 Å². The maximum Gasteiger partial charge on any atom is 0.233 e. The minimum Gasteiger partial charge on any atom is -0.454 e. The van der Waals surface area contributed by atoms with Crippen molar-refractivity contribution in [1.29, 1.82) is 0 Å². The molecule has 1 amide bonds. The van der Waals surface area contributed by atoms with Crippen molar-refractivity contribution >= 4 is 35.4 Å². The van der Waals surface area contributed by atoms with Gasteiger partial charge in [0.2, 0.25) is 12.7 Å². The van der Waals surface area contributed by atoms with E-state index in [9.17, 15) is 4.79 Å². The summed E-state index contributed by atoms with van der Waals surface area (Å²) in [6.45, 7) is 4.34. The Hall–Kier alpha value is -2.59. The van der Waals surface area contributed by atoms with Crippen LogP contribution in [0.25, 0.3) is 0 Å². The number of hydrogen-bond acceptors (Lipinski definition) is 9. The van der Waals surface area contributed by atoms with Crippen molar-refractivity contribution in [2.45, 2.75) is 18.8 Å². The van der Waals surface area contributed by atoms with Gasteiger partial charge in [-0.05, 0) is 17.7 Å². The van der Waals surface area contributed by atoms with Crippen molar-refractivity contribution < 1.29 is 14.3 Å². The highest BCUT2D eigenvalue weighted by atomic mass is 32.2. The number of carbonyl (C=O) groups is 1. The lowest BCUT2D eigenvalue weighted by Crippen LogP contribution is -2.49.